The summed E-state index contributed by atoms with van der Waals surface area (Å²) in [7, 11) is 0. The predicted octanol–water partition coefficient (Wildman–Crippen LogP) is 5.77. The van der Waals surface area contributed by atoms with Crippen LogP contribution in [0.4, 0.5) is 5.69 Å². The molecular formula is C25H25N3O. The number of anilines is 1. The van der Waals surface area contributed by atoms with E-state index in [9.17, 15) is 5.11 Å². The van der Waals surface area contributed by atoms with Gasteiger partial charge < -0.3 is 10.4 Å². The molecule has 4 aromatic rings. The van der Waals surface area contributed by atoms with Gasteiger partial charge in [-0.15, -0.1) is 0 Å². The van der Waals surface area contributed by atoms with Crippen molar-refractivity contribution in [2.75, 3.05) is 5.32 Å². The van der Waals surface area contributed by atoms with Gasteiger partial charge in [-0.05, 0) is 57.0 Å². The first-order valence-electron chi connectivity index (χ1n) is 9.78. The second-order valence-corrected chi connectivity index (χ2v) is 7.63. The average Bonchev–Trinajstić information content (AvgIpc) is 2.69. The lowest BCUT2D eigenvalue weighted by atomic mass is 9.97. The van der Waals surface area contributed by atoms with E-state index in [4.69, 9.17) is 0 Å². The highest BCUT2D eigenvalue weighted by Gasteiger charge is 2.22. The molecule has 0 radical (unpaired) electrons. The molecule has 0 saturated heterocycles. The molecule has 2 heterocycles. The summed E-state index contributed by atoms with van der Waals surface area (Å²) in [5.41, 5.74) is 7.70. The Morgan fingerprint density at radius 3 is 2.31 bits per heavy atom. The smallest absolute Gasteiger partial charge is 0.147 e. The Labute approximate surface area is 171 Å². The first-order valence-corrected chi connectivity index (χ1v) is 9.78. The zero-order valence-corrected chi connectivity index (χ0v) is 17.2. The van der Waals surface area contributed by atoms with Crippen molar-refractivity contribution in [3.8, 4) is 5.75 Å². The molecule has 1 unspecified atom stereocenters. The van der Waals surface area contributed by atoms with E-state index in [0.717, 1.165) is 39.2 Å². The van der Waals surface area contributed by atoms with Crippen LogP contribution < -0.4 is 5.32 Å². The van der Waals surface area contributed by atoms with Crippen molar-refractivity contribution >= 4 is 16.6 Å². The van der Waals surface area contributed by atoms with Crippen molar-refractivity contribution in [2.24, 2.45) is 0 Å². The van der Waals surface area contributed by atoms with E-state index in [1.54, 1.807) is 6.20 Å². The van der Waals surface area contributed by atoms with E-state index in [2.05, 4.69) is 48.2 Å². The molecule has 0 saturated carbocycles. The zero-order valence-electron chi connectivity index (χ0n) is 17.2. The first-order chi connectivity index (χ1) is 13.9. The number of nitrogens with one attached hydrogen (secondary N) is 1. The molecule has 0 bridgehead atoms. The maximum Gasteiger partial charge on any atom is 0.147 e. The maximum atomic E-state index is 11.1. The molecule has 1 atom stereocenters. The van der Waals surface area contributed by atoms with Crippen molar-refractivity contribution in [3.63, 3.8) is 0 Å². The Morgan fingerprint density at radius 1 is 0.897 bits per heavy atom. The largest absolute Gasteiger partial charge is 0.505 e. The molecule has 0 amide bonds. The SMILES string of the molecule is Cc1cc(C)c(NC(c2ccccn2)c2ccc3ccc(C)nc3c2O)c(C)c1. The third-order valence-electron chi connectivity index (χ3n) is 5.27. The summed E-state index contributed by atoms with van der Waals surface area (Å²) in [6, 6.07) is 17.8. The van der Waals surface area contributed by atoms with E-state index >= 15 is 0 Å². The second kappa shape index (κ2) is 7.55. The highest BCUT2D eigenvalue weighted by atomic mass is 16.3. The van der Waals surface area contributed by atoms with Crippen LogP contribution in [-0.4, -0.2) is 15.1 Å². The Morgan fingerprint density at radius 2 is 1.62 bits per heavy atom. The number of aromatic hydroxyl groups is 1. The first kappa shape index (κ1) is 18.9. The normalized spacial score (nSPS) is 12.1. The lowest BCUT2D eigenvalue weighted by Gasteiger charge is -2.24. The maximum absolute atomic E-state index is 11.1. The number of nitrogens with zero attached hydrogens (tertiary/aromatic N) is 2. The molecule has 0 aliphatic carbocycles. The number of phenols is 1. The summed E-state index contributed by atoms with van der Waals surface area (Å²) >= 11 is 0. The van der Waals surface area contributed by atoms with Crippen LogP contribution in [0.15, 0.2) is 60.8 Å². The molecule has 29 heavy (non-hydrogen) atoms. The fourth-order valence-electron chi connectivity index (χ4n) is 3.93. The van der Waals surface area contributed by atoms with Crippen LogP contribution in [0.1, 0.15) is 39.7 Å². The van der Waals surface area contributed by atoms with Crippen LogP contribution in [0, 0.1) is 27.7 Å². The average molecular weight is 383 g/mol. The van der Waals surface area contributed by atoms with Crippen LogP contribution in [0.3, 0.4) is 0 Å². The van der Waals surface area contributed by atoms with Gasteiger partial charge >= 0.3 is 0 Å². The number of hydrogen-bond acceptors (Lipinski definition) is 4. The van der Waals surface area contributed by atoms with Crippen molar-refractivity contribution in [1.82, 2.24) is 9.97 Å². The minimum atomic E-state index is -0.303. The summed E-state index contributed by atoms with van der Waals surface area (Å²) in [5, 5.41) is 15.7. The standard InChI is InChI=1S/C25H25N3O/c1-15-13-16(2)22(17(3)14-15)28-24(21-7-5-6-12-26-21)20-11-10-19-9-8-18(4)27-23(19)25(20)29/h5-14,24,28-29H,1-4H3. The van der Waals surface area contributed by atoms with E-state index in [0.29, 0.717) is 5.52 Å². The predicted molar refractivity (Wildman–Crippen MR) is 119 cm³/mol. The van der Waals surface area contributed by atoms with Gasteiger partial charge in [0.05, 0.1) is 11.7 Å². The number of rotatable bonds is 4. The number of aromatic nitrogens is 2. The van der Waals surface area contributed by atoms with Gasteiger partial charge in [0, 0.05) is 28.5 Å². The third-order valence-corrected chi connectivity index (χ3v) is 5.27. The Bertz CT molecular complexity index is 1160. The highest BCUT2D eigenvalue weighted by molar-refractivity contribution is 5.86. The number of phenolic OH excluding ortho intramolecular Hbond substituents is 1. The van der Waals surface area contributed by atoms with Crippen molar-refractivity contribution < 1.29 is 5.11 Å². The van der Waals surface area contributed by atoms with Crippen LogP contribution in [-0.2, 0) is 0 Å². The molecule has 4 heteroatoms. The molecule has 146 valence electrons. The molecule has 2 aromatic heterocycles. The third kappa shape index (κ3) is 3.66. The van der Waals surface area contributed by atoms with Gasteiger partial charge in [-0.3, -0.25) is 4.98 Å². The van der Waals surface area contributed by atoms with E-state index in [1.165, 1.54) is 5.56 Å². The van der Waals surface area contributed by atoms with Gasteiger partial charge in [-0.25, -0.2) is 4.98 Å². The number of pyridine rings is 2. The number of fused-ring (bicyclic) bond motifs is 1. The Kier molecular flexibility index (Phi) is 4.93. The minimum Gasteiger partial charge on any atom is -0.505 e. The molecule has 0 aliphatic heterocycles. The Hall–Kier alpha value is -3.40. The summed E-state index contributed by atoms with van der Waals surface area (Å²) in [5.74, 6) is 0.191. The second-order valence-electron chi connectivity index (χ2n) is 7.63. The lowest BCUT2D eigenvalue weighted by molar-refractivity contribution is 0.471. The number of hydrogen-bond donors (Lipinski definition) is 2. The van der Waals surface area contributed by atoms with Crippen LogP contribution >= 0.6 is 0 Å². The molecule has 0 spiro atoms. The summed E-state index contributed by atoms with van der Waals surface area (Å²) in [4.78, 5) is 9.14. The fraction of sp³-hybridized carbons (Fsp3) is 0.200. The number of aryl methyl sites for hydroxylation is 4. The topological polar surface area (TPSA) is 58.0 Å². The molecule has 2 aromatic carbocycles. The van der Waals surface area contributed by atoms with Crippen LogP contribution in [0.25, 0.3) is 10.9 Å². The molecular weight excluding hydrogens is 358 g/mol. The Balaban J connectivity index is 1.89. The highest BCUT2D eigenvalue weighted by Crippen LogP contribution is 2.37. The molecule has 0 aliphatic rings. The molecule has 2 N–H and O–H groups in total. The van der Waals surface area contributed by atoms with Crippen molar-refractivity contribution in [3.05, 3.63) is 94.4 Å². The monoisotopic (exact) mass is 383 g/mol. The van der Waals surface area contributed by atoms with Gasteiger partial charge in [-0.1, -0.05) is 42.0 Å². The van der Waals surface area contributed by atoms with Crippen molar-refractivity contribution in [2.45, 2.75) is 33.7 Å². The van der Waals surface area contributed by atoms with Gasteiger partial charge in [-0.2, -0.15) is 0 Å². The summed E-state index contributed by atoms with van der Waals surface area (Å²) in [6.45, 7) is 8.23. The number of benzene rings is 2. The quantitative estimate of drug-likeness (QED) is 0.470. The van der Waals surface area contributed by atoms with Crippen LogP contribution in [0.2, 0.25) is 0 Å². The minimum absolute atomic E-state index is 0.191. The van der Waals surface area contributed by atoms with Gasteiger partial charge in [0.2, 0.25) is 0 Å². The summed E-state index contributed by atoms with van der Waals surface area (Å²) in [6.07, 6.45) is 1.78. The van der Waals surface area contributed by atoms with Crippen molar-refractivity contribution in [1.29, 1.82) is 0 Å². The van der Waals surface area contributed by atoms with Gasteiger partial charge in [0.1, 0.15) is 11.3 Å². The molecule has 4 rings (SSSR count). The van der Waals surface area contributed by atoms with E-state index in [1.807, 2.05) is 49.4 Å². The van der Waals surface area contributed by atoms with Gasteiger partial charge in [0.25, 0.3) is 0 Å². The fourth-order valence-corrected chi connectivity index (χ4v) is 3.93. The zero-order chi connectivity index (χ0) is 20.5. The van der Waals surface area contributed by atoms with E-state index in [-0.39, 0.29) is 11.8 Å². The molecule has 4 nitrogen and oxygen atoms in total. The van der Waals surface area contributed by atoms with E-state index < -0.39 is 0 Å². The lowest BCUT2D eigenvalue weighted by Crippen LogP contribution is -2.16. The molecule has 0 fully saturated rings. The summed E-state index contributed by atoms with van der Waals surface area (Å²) < 4.78 is 0. The van der Waals surface area contributed by atoms with Crippen LogP contribution in [0.5, 0.6) is 5.75 Å². The van der Waals surface area contributed by atoms with Gasteiger partial charge in [0.15, 0.2) is 0 Å².